The maximum Gasteiger partial charge on any atom is 0.387 e. The largest absolute Gasteiger partial charge is 0.456 e. The highest BCUT2D eigenvalue weighted by Gasteiger charge is 2.28. The third kappa shape index (κ3) is 6.55. The van der Waals surface area contributed by atoms with E-state index in [0.29, 0.717) is 11.1 Å². The van der Waals surface area contributed by atoms with Gasteiger partial charge in [0, 0.05) is 5.56 Å². The first-order chi connectivity index (χ1) is 13.7. The molecule has 0 aromatic heterocycles. The molecule has 2 aromatic carbocycles. The lowest BCUT2D eigenvalue weighted by molar-refractivity contribution is -0.152. The number of benzene rings is 2. The molecule has 0 aliphatic rings. The van der Waals surface area contributed by atoms with Crippen molar-refractivity contribution in [3.8, 4) is 5.75 Å². The number of hydrogen-bond donors (Lipinski definition) is 1. The summed E-state index contributed by atoms with van der Waals surface area (Å²) in [5.74, 6) is -1.10. The smallest absolute Gasteiger partial charge is 0.387 e. The molecule has 156 valence electrons. The second-order valence-electron chi connectivity index (χ2n) is 7.09. The van der Waals surface area contributed by atoms with Gasteiger partial charge >= 0.3 is 12.6 Å². The standard InChI is InChI=1S/C22H25F2NO4/c1-13(2)19(25-20(26)17-7-5-14(3)6-8-17)21(27)28-15(4)16-9-11-18(12-10-16)29-22(23)24/h5-13,15,19,22H,1-4H3,(H,25,26). The number of rotatable bonds is 8. The monoisotopic (exact) mass is 405 g/mol. The van der Waals surface area contributed by atoms with E-state index in [1.165, 1.54) is 12.1 Å². The Bertz CT molecular complexity index is 820. The van der Waals surface area contributed by atoms with E-state index in [0.717, 1.165) is 5.56 Å². The summed E-state index contributed by atoms with van der Waals surface area (Å²) < 4.78 is 34.3. The van der Waals surface area contributed by atoms with Gasteiger partial charge in [0.1, 0.15) is 17.9 Å². The zero-order valence-corrected chi connectivity index (χ0v) is 16.8. The molecular weight excluding hydrogens is 380 g/mol. The molecule has 0 radical (unpaired) electrons. The maximum atomic E-state index is 12.6. The number of amides is 1. The molecule has 0 saturated carbocycles. The molecule has 1 N–H and O–H groups in total. The summed E-state index contributed by atoms with van der Waals surface area (Å²) in [5, 5.41) is 2.72. The molecular formula is C22H25F2NO4. The maximum absolute atomic E-state index is 12.6. The van der Waals surface area contributed by atoms with Crippen LogP contribution in [0.25, 0.3) is 0 Å². The van der Waals surface area contributed by atoms with Gasteiger partial charge in [-0.1, -0.05) is 43.7 Å². The van der Waals surface area contributed by atoms with E-state index in [9.17, 15) is 18.4 Å². The fourth-order valence-corrected chi connectivity index (χ4v) is 2.66. The summed E-state index contributed by atoms with van der Waals surface area (Å²) in [6.07, 6.45) is -0.624. The van der Waals surface area contributed by atoms with Crippen LogP contribution in [0.3, 0.4) is 0 Å². The van der Waals surface area contributed by atoms with Gasteiger partial charge in [-0.05, 0) is 49.6 Å². The fourth-order valence-electron chi connectivity index (χ4n) is 2.66. The minimum Gasteiger partial charge on any atom is -0.456 e. The molecule has 1 amide bonds. The molecule has 0 saturated heterocycles. The van der Waals surface area contributed by atoms with Crippen molar-refractivity contribution in [1.82, 2.24) is 5.32 Å². The Morgan fingerprint density at radius 1 is 0.931 bits per heavy atom. The van der Waals surface area contributed by atoms with Crippen molar-refractivity contribution in [3.63, 3.8) is 0 Å². The second kappa shape index (κ2) is 10.0. The lowest BCUT2D eigenvalue weighted by Crippen LogP contribution is -2.45. The zero-order chi connectivity index (χ0) is 21.6. The molecule has 2 rings (SSSR count). The number of carbonyl (C=O) groups is 2. The summed E-state index contributed by atoms with van der Waals surface area (Å²) in [5.41, 5.74) is 2.10. The Kier molecular flexibility index (Phi) is 7.70. The molecule has 7 heteroatoms. The van der Waals surface area contributed by atoms with Crippen molar-refractivity contribution in [3.05, 3.63) is 65.2 Å². The number of hydrogen-bond acceptors (Lipinski definition) is 4. The van der Waals surface area contributed by atoms with Crippen molar-refractivity contribution in [2.45, 2.75) is 46.5 Å². The number of nitrogens with one attached hydrogen (secondary N) is 1. The minimum atomic E-state index is -2.90. The topological polar surface area (TPSA) is 64.6 Å². The number of alkyl halides is 2. The molecule has 2 unspecified atom stereocenters. The van der Waals surface area contributed by atoms with Crippen molar-refractivity contribution < 1.29 is 27.8 Å². The first kappa shape index (κ1) is 22.3. The van der Waals surface area contributed by atoms with Gasteiger partial charge in [0.25, 0.3) is 5.91 Å². The van der Waals surface area contributed by atoms with E-state index in [-0.39, 0.29) is 17.6 Å². The Morgan fingerprint density at radius 3 is 2.03 bits per heavy atom. The molecule has 0 fully saturated rings. The molecule has 29 heavy (non-hydrogen) atoms. The number of esters is 1. The van der Waals surface area contributed by atoms with Crippen LogP contribution < -0.4 is 10.1 Å². The van der Waals surface area contributed by atoms with E-state index < -0.39 is 24.7 Å². The fraction of sp³-hybridized carbons (Fsp3) is 0.364. The van der Waals surface area contributed by atoms with Gasteiger partial charge in [0.2, 0.25) is 0 Å². The van der Waals surface area contributed by atoms with Gasteiger partial charge in [-0.3, -0.25) is 4.79 Å². The van der Waals surface area contributed by atoms with Crippen molar-refractivity contribution in [1.29, 1.82) is 0 Å². The van der Waals surface area contributed by atoms with Crippen LogP contribution in [0, 0.1) is 12.8 Å². The van der Waals surface area contributed by atoms with Crippen LogP contribution in [0.15, 0.2) is 48.5 Å². The predicted molar refractivity (Wildman–Crippen MR) is 105 cm³/mol. The summed E-state index contributed by atoms with van der Waals surface area (Å²) in [6, 6.07) is 12.1. The van der Waals surface area contributed by atoms with Crippen LogP contribution >= 0.6 is 0 Å². The van der Waals surface area contributed by atoms with Gasteiger partial charge in [0.05, 0.1) is 0 Å². The van der Waals surface area contributed by atoms with Crippen LogP contribution in [0.4, 0.5) is 8.78 Å². The van der Waals surface area contributed by atoms with Crippen LogP contribution in [-0.2, 0) is 9.53 Å². The minimum absolute atomic E-state index is 0.0210. The van der Waals surface area contributed by atoms with Crippen LogP contribution in [-0.4, -0.2) is 24.5 Å². The predicted octanol–water partition coefficient (Wildman–Crippen LogP) is 4.66. The van der Waals surface area contributed by atoms with Crippen LogP contribution in [0.1, 0.15) is 48.4 Å². The van der Waals surface area contributed by atoms with E-state index in [1.807, 2.05) is 32.9 Å². The third-order valence-corrected chi connectivity index (χ3v) is 4.39. The number of ether oxygens (including phenoxy) is 2. The molecule has 0 bridgehead atoms. The Labute approximate surface area is 169 Å². The first-order valence-electron chi connectivity index (χ1n) is 9.30. The first-order valence-corrected chi connectivity index (χ1v) is 9.30. The third-order valence-electron chi connectivity index (χ3n) is 4.39. The second-order valence-corrected chi connectivity index (χ2v) is 7.09. The van der Waals surface area contributed by atoms with E-state index in [2.05, 4.69) is 10.1 Å². The van der Waals surface area contributed by atoms with Gasteiger partial charge in [-0.2, -0.15) is 8.78 Å². The van der Waals surface area contributed by atoms with Gasteiger partial charge in [0.15, 0.2) is 0 Å². The molecule has 2 atom stereocenters. The summed E-state index contributed by atoms with van der Waals surface area (Å²) >= 11 is 0. The van der Waals surface area contributed by atoms with Gasteiger partial charge in [-0.15, -0.1) is 0 Å². The highest BCUT2D eigenvalue weighted by molar-refractivity contribution is 5.96. The Hall–Kier alpha value is -2.96. The Morgan fingerprint density at radius 2 is 1.52 bits per heavy atom. The average Bonchev–Trinajstić information content (AvgIpc) is 2.66. The van der Waals surface area contributed by atoms with Crippen LogP contribution in [0.2, 0.25) is 0 Å². The summed E-state index contributed by atoms with van der Waals surface area (Å²) in [6.45, 7) is 4.30. The van der Waals surface area contributed by atoms with E-state index >= 15 is 0 Å². The van der Waals surface area contributed by atoms with Crippen molar-refractivity contribution in [2.75, 3.05) is 0 Å². The summed E-state index contributed by atoms with van der Waals surface area (Å²) in [7, 11) is 0. The van der Waals surface area contributed by atoms with Crippen molar-refractivity contribution in [2.24, 2.45) is 5.92 Å². The van der Waals surface area contributed by atoms with E-state index in [1.54, 1.807) is 31.2 Å². The van der Waals surface area contributed by atoms with E-state index in [4.69, 9.17) is 4.74 Å². The van der Waals surface area contributed by atoms with Crippen molar-refractivity contribution >= 4 is 11.9 Å². The molecule has 0 aliphatic heterocycles. The number of halogens is 2. The lowest BCUT2D eigenvalue weighted by Gasteiger charge is -2.23. The number of carbonyl (C=O) groups excluding carboxylic acids is 2. The molecule has 0 aliphatic carbocycles. The highest BCUT2D eigenvalue weighted by atomic mass is 19.3. The zero-order valence-electron chi connectivity index (χ0n) is 16.8. The molecule has 5 nitrogen and oxygen atoms in total. The quantitative estimate of drug-likeness (QED) is 0.649. The van der Waals surface area contributed by atoms with Gasteiger partial charge < -0.3 is 14.8 Å². The van der Waals surface area contributed by atoms with Gasteiger partial charge in [-0.25, -0.2) is 4.79 Å². The SMILES string of the molecule is Cc1ccc(C(=O)NC(C(=O)OC(C)c2ccc(OC(F)F)cc2)C(C)C)cc1. The van der Waals surface area contributed by atoms with Crippen LogP contribution in [0.5, 0.6) is 5.75 Å². The molecule has 0 spiro atoms. The Balaban J connectivity index is 2.02. The normalized spacial score (nSPS) is 13.1. The number of aryl methyl sites for hydroxylation is 1. The summed E-state index contributed by atoms with van der Waals surface area (Å²) in [4.78, 5) is 25.1. The average molecular weight is 405 g/mol. The lowest BCUT2D eigenvalue weighted by atomic mass is 10.0. The highest BCUT2D eigenvalue weighted by Crippen LogP contribution is 2.22. The molecule has 2 aromatic rings. The molecule has 0 heterocycles.